The summed E-state index contributed by atoms with van der Waals surface area (Å²) in [4.78, 5) is 11.3. The second-order valence-electron chi connectivity index (χ2n) is 6.74. The van der Waals surface area contributed by atoms with Crippen molar-refractivity contribution < 1.29 is 23.1 Å². The topological polar surface area (TPSA) is 92.7 Å². The van der Waals surface area contributed by atoms with E-state index in [0.29, 0.717) is 17.2 Å². The average molecular weight is 412 g/mol. The number of nitrogens with one attached hydrogen (secondary N) is 1. The highest BCUT2D eigenvalue weighted by molar-refractivity contribution is 7.89. The number of sulfonamides is 1. The van der Waals surface area contributed by atoms with Crippen molar-refractivity contribution in [3.05, 3.63) is 59.1 Å². The SMILES string of the molecule is C[C@@H](Cc1ccc(OC(C)(C)C(=O)O)cc1)NS(=O)(=O)c1ccc(Cl)cc1. The van der Waals surface area contributed by atoms with Crippen LogP contribution in [0.2, 0.25) is 5.02 Å². The van der Waals surface area contributed by atoms with E-state index in [4.69, 9.17) is 21.4 Å². The second kappa shape index (κ2) is 8.29. The van der Waals surface area contributed by atoms with E-state index in [0.717, 1.165) is 5.56 Å². The highest BCUT2D eigenvalue weighted by Crippen LogP contribution is 2.20. The minimum Gasteiger partial charge on any atom is -0.478 e. The van der Waals surface area contributed by atoms with Gasteiger partial charge in [0.05, 0.1) is 4.90 Å². The van der Waals surface area contributed by atoms with Crippen LogP contribution in [-0.4, -0.2) is 31.1 Å². The van der Waals surface area contributed by atoms with Gasteiger partial charge in [0.25, 0.3) is 0 Å². The molecule has 2 N–H and O–H groups in total. The van der Waals surface area contributed by atoms with Crippen molar-refractivity contribution in [1.29, 1.82) is 0 Å². The molecule has 2 aromatic carbocycles. The van der Waals surface area contributed by atoms with Gasteiger partial charge in [-0.25, -0.2) is 17.9 Å². The molecule has 8 heteroatoms. The maximum Gasteiger partial charge on any atom is 0.347 e. The molecule has 146 valence electrons. The third-order valence-corrected chi connectivity index (χ3v) is 5.69. The normalized spacial score (nSPS) is 13.2. The van der Waals surface area contributed by atoms with Gasteiger partial charge in [-0.3, -0.25) is 0 Å². The molecule has 2 rings (SSSR count). The van der Waals surface area contributed by atoms with Gasteiger partial charge in [0.15, 0.2) is 5.60 Å². The number of aliphatic carboxylic acids is 1. The number of carboxylic acids is 1. The lowest BCUT2D eigenvalue weighted by Gasteiger charge is -2.21. The zero-order valence-electron chi connectivity index (χ0n) is 15.3. The monoisotopic (exact) mass is 411 g/mol. The number of hydrogen-bond donors (Lipinski definition) is 2. The van der Waals surface area contributed by atoms with E-state index in [1.165, 1.54) is 38.1 Å². The van der Waals surface area contributed by atoms with E-state index in [9.17, 15) is 13.2 Å². The quantitative estimate of drug-likeness (QED) is 0.693. The van der Waals surface area contributed by atoms with Gasteiger partial charge < -0.3 is 9.84 Å². The molecule has 0 heterocycles. The fourth-order valence-corrected chi connectivity index (χ4v) is 3.74. The summed E-state index contributed by atoms with van der Waals surface area (Å²) in [6, 6.07) is 12.5. The van der Waals surface area contributed by atoms with Gasteiger partial charge in [-0.15, -0.1) is 0 Å². The van der Waals surface area contributed by atoms with Crippen molar-refractivity contribution in [2.24, 2.45) is 0 Å². The van der Waals surface area contributed by atoms with Crippen LogP contribution in [-0.2, 0) is 21.2 Å². The predicted molar refractivity (Wildman–Crippen MR) is 104 cm³/mol. The largest absolute Gasteiger partial charge is 0.478 e. The molecule has 0 aromatic heterocycles. The molecule has 0 saturated carbocycles. The van der Waals surface area contributed by atoms with Gasteiger partial charge in [0.2, 0.25) is 10.0 Å². The number of carbonyl (C=O) groups is 1. The van der Waals surface area contributed by atoms with Crippen molar-refractivity contribution >= 4 is 27.6 Å². The van der Waals surface area contributed by atoms with Gasteiger partial charge in [-0.1, -0.05) is 23.7 Å². The Balaban J connectivity index is 2.00. The molecule has 0 bridgehead atoms. The molecule has 0 radical (unpaired) electrons. The molecule has 0 aliphatic carbocycles. The van der Waals surface area contributed by atoms with Crippen LogP contribution in [0.15, 0.2) is 53.4 Å². The molecule has 0 aliphatic heterocycles. The van der Waals surface area contributed by atoms with E-state index < -0.39 is 21.6 Å². The summed E-state index contributed by atoms with van der Waals surface area (Å²) in [7, 11) is -3.64. The Bertz CT molecular complexity index is 893. The summed E-state index contributed by atoms with van der Waals surface area (Å²) in [6.45, 7) is 4.71. The average Bonchev–Trinajstić information content (AvgIpc) is 2.56. The molecule has 27 heavy (non-hydrogen) atoms. The van der Waals surface area contributed by atoms with Crippen molar-refractivity contribution in [1.82, 2.24) is 4.72 Å². The summed E-state index contributed by atoms with van der Waals surface area (Å²) in [5.74, 6) is -0.627. The first-order chi connectivity index (χ1) is 12.5. The molecule has 0 unspecified atom stereocenters. The second-order valence-corrected chi connectivity index (χ2v) is 8.89. The van der Waals surface area contributed by atoms with E-state index in [1.807, 2.05) is 0 Å². The minimum atomic E-state index is -3.64. The summed E-state index contributed by atoms with van der Waals surface area (Å²) < 4.78 is 32.9. The van der Waals surface area contributed by atoms with E-state index in [2.05, 4.69) is 4.72 Å². The number of hydrogen-bond acceptors (Lipinski definition) is 4. The lowest BCUT2D eigenvalue weighted by atomic mass is 10.1. The zero-order valence-corrected chi connectivity index (χ0v) is 16.8. The van der Waals surface area contributed by atoms with Crippen LogP contribution >= 0.6 is 11.6 Å². The maximum absolute atomic E-state index is 12.4. The van der Waals surface area contributed by atoms with Crippen LogP contribution in [0.1, 0.15) is 26.3 Å². The van der Waals surface area contributed by atoms with Crippen LogP contribution in [0.25, 0.3) is 0 Å². The first kappa shape index (κ1) is 21.2. The number of benzene rings is 2. The highest BCUT2D eigenvalue weighted by Gasteiger charge is 2.29. The Labute approximate surface area is 164 Å². The smallest absolute Gasteiger partial charge is 0.347 e. The van der Waals surface area contributed by atoms with Gasteiger partial charge in [-0.2, -0.15) is 0 Å². The Morgan fingerprint density at radius 1 is 1.15 bits per heavy atom. The van der Waals surface area contributed by atoms with Gasteiger partial charge in [0.1, 0.15) is 5.75 Å². The first-order valence-corrected chi connectivity index (χ1v) is 10.1. The fraction of sp³-hybridized carbons (Fsp3) is 0.316. The van der Waals surface area contributed by atoms with E-state index in [-0.39, 0.29) is 10.9 Å². The third-order valence-electron chi connectivity index (χ3n) is 3.83. The van der Waals surface area contributed by atoms with Crippen molar-refractivity contribution in [2.45, 2.75) is 43.7 Å². The Kier molecular flexibility index (Phi) is 6.51. The Morgan fingerprint density at radius 3 is 2.22 bits per heavy atom. The fourth-order valence-electron chi connectivity index (χ4n) is 2.37. The van der Waals surface area contributed by atoms with Gasteiger partial charge in [-0.05, 0) is 69.2 Å². The molecule has 2 aromatic rings. The first-order valence-electron chi connectivity index (χ1n) is 8.29. The Morgan fingerprint density at radius 2 is 1.70 bits per heavy atom. The van der Waals surface area contributed by atoms with Crippen LogP contribution in [0.4, 0.5) is 0 Å². The molecular formula is C19H22ClNO5S. The Hall–Kier alpha value is -2.09. The lowest BCUT2D eigenvalue weighted by molar-refractivity contribution is -0.152. The maximum atomic E-state index is 12.4. The molecular weight excluding hydrogens is 390 g/mol. The van der Waals surface area contributed by atoms with Crippen LogP contribution < -0.4 is 9.46 Å². The van der Waals surface area contributed by atoms with Crippen LogP contribution in [0, 0.1) is 0 Å². The van der Waals surface area contributed by atoms with Crippen LogP contribution in [0.3, 0.4) is 0 Å². The minimum absolute atomic E-state index is 0.151. The van der Waals surface area contributed by atoms with Crippen molar-refractivity contribution in [3.8, 4) is 5.75 Å². The van der Waals surface area contributed by atoms with Gasteiger partial charge in [0, 0.05) is 11.1 Å². The standard InChI is InChI=1S/C19H22ClNO5S/c1-13(21-27(24,25)17-10-6-15(20)7-11-17)12-14-4-8-16(9-5-14)26-19(2,3)18(22)23/h4-11,13,21H,12H2,1-3H3,(H,22,23)/t13-/m0/s1. The van der Waals surface area contributed by atoms with E-state index >= 15 is 0 Å². The molecule has 0 saturated heterocycles. The van der Waals surface area contributed by atoms with Crippen LogP contribution in [0.5, 0.6) is 5.75 Å². The molecule has 0 amide bonds. The molecule has 0 spiro atoms. The van der Waals surface area contributed by atoms with Crippen molar-refractivity contribution in [3.63, 3.8) is 0 Å². The zero-order chi connectivity index (χ0) is 20.2. The summed E-state index contributed by atoms with van der Waals surface area (Å²) in [6.07, 6.45) is 0.468. The summed E-state index contributed by atoms with van der Waals surface area (Å²) >= 11 is 5.79. The summed E-state index contributed by atoms with van der Waals surface area (Å²) in [5, 5.41) is 9.56. The number of carboxylic acid groups (broad SMARTS) is 1. The number of halogens is 1. The van der Waals surface area contributed by atoms with E-state index in [1.54, 1.807) is 31.2 Å². The predicted octanol–water partition coefficient (Wildman–Crippen LogP) is 3.49. The highest BCUT2D eigenvalue weighted by atomic mass is 35.5. The molecule has 6 nitrogen and oxygen atoms in total. The van der Waals surface area contributed by atoms with Crippen molar-refractivity contribution in [2.75, 3.05) is 0 Å². The molecule has 0 aliphatic rings. The lowest BCUT2D eigenvalue weighted by Crippen LogP contribution is -2.37. The summed E-state index contributed by atoms with van der Waals surface area (Å²) in [5.41, 5.74) is -0.440. The number of ether oxygens (including phenoxy) is 1. The molecule has 1 atom stereocenters. The third kappa shape index (κ3) is 5.95. The number of rotatable bonds is 8. The van der Waals surface area contributed by atoms with Gasteiger partial charge >= 0.3 is 5.97 Å². The molecule has 0 fully saturated rings.